The lowest BCUT2D eigenvalue weighted by Crippen LogP contribution is -2.23. The van der Waals surface area contributed by atoms with E-state index in [1.54, 1.807) is 0 Å². The molecule has 0 aliphatic carbocycles. The molecular formula is C9H20N. The molecule has 0 bridgehead atoms. The normalized spacial score (nSPS) is 10.8. The minimum atomic E-state index is 1.19. The van der Waals surface area contributed by atoms with E-state index in [-0.39, 0.29) is 0 Å². The molecule has 1 radical (unpaired) electrons. The number of unbranched alkanes of at least 4 members (excludes halogenated alkanes) is 2. The van der Waals surface area contributed by atoms with Gasteiger partial charge in [0.2, 0.25) is 0 Å². The van der Waals surface area contributed by atoms with Gasteiger partial charge in [0, 0.05) is 0 Å². The summed E-state index contributed by atoms with van der Waals surface area (Å²) in [6, 6.07) is 0. The Morgan fingerprint density at radius 2 is 1.70 bits per heavy atom. The van der Waals surface area contributed by atoms with E-state index in [2.05, 4.69) is 32.1 Å². The first-order valence-corrected chi connectivity index (χ1v) is 4.39. The Hall–Kier alpha value is -0.0400. The van der Waals surface area contributed by atoms with E-state index in [4.69, 9.17) is 0 Å². The van der Waals surface area contributed by atoms with Crippen LogP contribution in [-0.4, -0.2) is 24.5 Å². The fourth-order valence-corrected chi connectivity index (χ4v) is 1.02. The number of hydrogen-bond acceptors (Lipinski definition) is 1. The monoisotopic (exact) mass is 142 g/mol. The van der Waals surface area contributed by atoms with Crippen molar-refractivity contribution >= 4 is 0 Å². The van der Waals surface area contributed by atoms with Gasteiger partial charge in [0.1, 0.15) is 0 Å². The maximum absolute atomic E-state index is 2.45. The van der Waals surface area contributed by atoms with Crippen LogP contribution in [0.5, 0.6) is 0 Å². The maximum atomic E-state index is 2.45. The topological polar surface area (TPSA) is 3.24 Å². The second kappa shape index (κ2) is 7.07. The molecule has 10 heavy (non-hydrogen) atoms. The molecule has 0 amide bonds. The van der Waals surface area contributed by atoms with Gasteiger partial charge in [0.25, 0.3) is 0 Å². The Balaban J connectivity index is 3.09. The quantitative estimate of drug-likeness (QED) is 0.514. The lowest BCUT2D eigenvalue weighted by Gasteiger charge is -2.16. The number of hydrogen-bond donors (Lipinski definition) is 0. The van der Waals surface area contributed by atoms with Crippen molar-refractivity contribution in [2.24, 2.45) is 0 Å². The molecule has 1 nitrogen and oxygen atoms in total. The van der Waals surface area contributed by atoms with Crippen LogP contribution in [0.1, 0.15) is 33.6 Å². The summed E-state index contributed by atoms with van der Waals surface area (Å²) in [5.41, 5.74) is 0. The minimum Gasteiger partial charge on any atom is -0.304 e. The Kier molecular flexibility index (Phi) is 7.04. The van der Waals surface area contributed by atoms with Gasteiger partial charge in [-0.3, -0.25) is 0 Å². The summed E-state index contributed by atoms with van der Waals surface area (Å²) in [5.74, 6) is 0. The van der Waals surface area contributed by atoms with Gasteiger partial charge >= 0.3 is 0 Å². The molecule has 0 saturated carbocycles. The van der Waals surface area contributed by atoms with Crippen molar-refractivity contribution in [2.45, 2.75) is 33.6 Å². The van der Waals surface area contributed by atoms with E-state index >= 15 is 0 Å². The molecule has 0 aromatic carbocycles. The summed E-state index contributed by atoms with van der Waals surface area (Å²) >= 11 is 0. The highest BCUT2D eigenvalue weighted by atomic mass is 15.1. The third-order valence-electron chi connectivity index (χ3n) is 1.83. The third-order valence-corrected chi connectivity index (χ3v) is 1.83. The fourth-order valence-electron chi connectivity index (χ4n) is 1.02. The highest BCUT2D eigenvalue weighted by Crippen LogP contribution is 1.95. The molecule has 0 aliphatic heterocycles. The van der Waals surface area contributed by atoms with Crippen molar-refractivity contribution < 1.29 is 0 Å². The summed E-state index contributed by atoms with van der Waals surface area (Å²) in [6.07, 6.45) is 4.80. The van der Waals surface area contributed by atoms with Gasteiger partial charge in [-0.1, -0.05) is 27.2 Å². The van der Waals surface area contributed by atoms with E-state index < -0.39 is 0 Å². The largest absolute Gasteiger partial charge is 0.304 e. The van der Waals surface area contributed by atoms with Crippen molar-refractivity contribution in [3.8, 4) is 0 Å². The minimum absolute atomic E-state index is 1.19. The predicted octanol–water partition coefficient (Wildman–Crippen LogP) is 2.33. The lowest BCUT2D eigenvalue weighted by molar-refractivity contribution is 0.306. The van der Waals surface area contributed by atoms with Crippen molar-refractivity contribution in [3.63, 3.8) is 0 Å². The van der Waals surface area contributed by atoms with Gasteiger partial charge in [0.15, 0.2) is 0 Å². The summed E-state index contributed by atoms with van der Waals surface area (Å²) in [4.78, 5) is 2.45. The molecular weight excluding hydrogens is 122 g/mol. The molecule has 1 heteroatoms. The van der Waals surface area contributed by atoms with Crippen LogP contribution in [0.25, 0.3) is 0 Å². The third kappa shape index (κ3) is 4.80. The first kappa shape index (κ1) is 9.96. The zero-order valence-electron chi connectivity index (χ0n) is 7.56. The van der Waals surface area contributed by atoms with Crippen molar-refractivity contribution in [3.05, 3.63) is 6.42 Å². The van der Waals surface area contributed by atoms with Gasteiger partial charge in [-0.2, -0.15) is 0 Å². The molecule has 0 N–H and O–H groups in total. The van der Waals surface area contributed by atoms with Crippen LogP contribution in [0, 0.1) is 6.42 Å². The van der Waals surface area contributed by atoms with Gasteiger partial charge in [-0.25, -0.2) is 0 Å². The van der Waals surface area contributed by atoms with E-state index in [1.807, 2.05) is 0 Å². The Morgan fingerprint density at radius 1 is 1.10 bits per heavy atom. The zero-order chi connectivity index (χ0) is 7.82. The summed E-state index contributed by atoms with van der Waals surface area (Å²) in [7, 11) is 0. The molecule has 61 valence electrons. The van der Waals surface area contributed by atoms with Gasteiger partial charge in [-0.05, 0) is 32.5 Å². The smallest absolute Gasteiger partial charge is 0.00162 e. The van der Waals surface area contributed by atoms with Crippen LogP contribution in [-0.2, 0) is 0 Å². The van der Waals surface area contributed by atoms with Crippen LogP contribution in [0.3, 0.4) is 0 Å². The first-order valence-electron chi connectivity index (χ1n) is 4.39. The second-order valence-electron chi connectivity index (χ2n) is 2.51. The maximum Gasteiger partial charge on any atom is -0.00162 e. The van der Waals surface area contributed by atoms with Crippen LogP contribution in [0.15, 0.2) is 0 Å². The average Bonchev–Trinajstić information content (AvgIpc) is 1.99. The summed E-state index contributed by atoms with van der Waals surface area (Å²) in [6.45, 7) is 10.2. The SMILES string of the molecule is CC[CH]CCN(CC)CC. The van der Waals surface area contributed by atoms with Crippen molar-refractivity contribution in [2.75, 3.05) is 19.6 Å². The molecule has 0 unspecified atom stereocenters. The lowest BCUT2D eigenvalue weighted by atomic mass is 10.2. The molecule has 0 aromatic heterocycles. The van der Waals surface area contributed by atoms with Crippen molar-refractivity contribution in [1.29, 1.82) is 0 Å². The van der Waals surface area contributed by atoms with Crippen LogP contribution in [0.2, 0.25) is 0 Å². The molecule has 0 saturated heterocycles. The summed E-state index contributed by atoms with van der Waals surface area (Å²) in [5, 5.41) is 0. The van der Waals surface area contributed by atoms with Crippen molar-refractivity contribution in [1.82, 2.24) is 4.90 Å². The van der Waals surface area contributed by atoms with E-state index in [9.17, 15) is 0 Å². The van der Waals surface area contributed by atoms with Crippen LogP contribution in [0.4, 0.5) is 0 Å². The molecule has 0 spiro atoms. The molecule has 0 rings (SSSR count). The molecule has 0 aliphatic rings. The zero-order valence-corrected chi connectivity index (χ0v) is 7.56. The highest BCUT2D eigenvalue weighted by molar-refractivity contribution is 4.64. The molecule has 0 fully saturated rings. The van der Waals surface area contributed by atoms with Crippen LogP contribution >= 0.6 is 0 Å². The fraction of sp³-hybridized carbons (Fsp3) is 0.889. The summed E-state index contributed by atoms with van der Waals surface area (Å²) < 4.78 is 0. The molecule has 0 aromatic rings. The number of rotatable bonds is 6. The van der Waals surface area contributed by atoms with Crippen LogP contribution < -0.4 is 0 Å². The van der Waals surface area contributed by atoms with E-state index in [0.717, 1.165) is 0 Å². The standard InChI is InChI=1S/C9H20N/c1-4-7-8-9-10(5-2)6-3/h7H,4-6,8-9H2,1-3H3. The Labute approximate surface area is 65.4 Å². The highest BCUT2D eigenvalue weighted by Gasteiger charge is 1.95. The van der Waals surface area contributed by atoms with Gasteiger partial charge in [0.05, 0.1) is 0 Å². The first-order chi connectivity index (χ1) is 4.85. The number of nitrogens with zero attached hydrogens (tertiary/aromatic N) is 1. The van der Waals surface area contributed by atoms with Gasteiger partial charge in [-0.15, -0.1) is 0 Å². The molecule has 0 atom stereocenters. The van der Waals surface area contributed by atoms with E-state index in [1.165, 1.54) is 32.5 Å². The second-order valence-corrected chi connectivity index (χ2v) is 2.51. The Morgan fingerprint density at radius 3 is 2.10 bits per heavy atom. The molecule has 0 heterocycles. The van der Waals surface area contributed by atoms with E-state index in [0.29, 0.717) is 0 Å². The Bertz CT molecular complexity index is 57.7. The van der Waals surface area contributed by atoms with Gasteiger partial charge < -0.3 is 4.90 Å². The predicted molar refractivity (Wildman–Crippen MR) is 47.0 cm³/mol. The average molecular weight is 142 g/mol.